The largest absolute Gasteiger partial charge is 0.340 e. The molecule has 214 valence electrons. The Morgan fingerprint density at radius 2 is 1.15 bits per heavy atom. The molecule has 0 N–H and O–H groups in total. The van der Waals surface area contributed by atoms with Crippen LogP contribution in [0.5, 0.6) is 0 Å². The summed E-state index contributed by atoms with van der Waals surface area (Å²) in [6.45, 7) is 10.3. The van der Waals surface area contributed by atoms with Crippen LogP contribution in [0.1, 0.15) is 56.2 Å². The lowest BCUT2D eigenvalue weighted by atomic mass is 9.83. The summed E-state index contributed by atoms with van der Waals surface area (Å²) in [6, 6.07) is 21.5. The highest BCUT2D eigenvalue weighted by molar-refractivity contribution is 5.92. The molecule has 2 unspecified atom stereocenters. The van der Waals surface area contributed by atoms with Gasteiger partial charge in [0.2, 0.25) is 11.8 Å². The fraction of sp³-hybridized carbons (Fsp3) is 0.588. The van der Waals surface area contributed by atoms with Crippen molar-refractivity contribution in [1.29, 1.82) is 0 Å². The zero-order valence-electron chi connectivity index (χ0n) is 24.2. The molecular weight excluding hydrogens is 496 g/mol. The Morgan fingerprint density at radius 1 is 0.675 bits per heavy atom. The average molecular weight is 543 g/mol. The predicted octanol–water partition coefficient (Wildman–Crippen LogP) is 4.53. The maximum absolute atomic E-state index is 13.4. The van der Waals surface area contributed by atoms with Crippen LogP contribution >= 0.6 is 0 Å². The van der Waals surface area contributed by atoms with E-state index in [1.54, 1.807) is 0 Å². The van der Waals surface area contributed by atoms with E-state index in [0.717, 1.165) is 70.6 Å². The third-order valence-corrected chi connectivity index (χ3v) is 9.98. The predicted molar refractivity (Wildman–Crippen MR) is 159 cm³/mol. The summed E-state index contributed by atoms with van der Waals surface area (Å²) in [6.07, 6.45) is 6.19. The number of carbonyl (C=O) groups excluding carboxylic acids is 2. The van der Waals surface area contributed by atoms with Gasteiger partial charge >= 0.3 is 0 Å². The van der Waals surface area contributed by atoms with Crippen LogP contribution in [-0.4, -0.2) is 90.3 Å². The number of benzene rings is 2. The van der Waals surface area contributed by atoms with Gasteiger partial charge < -0.3 is 9.80 Å². The number of piperazine rings is 2. The molecule has 2 heterocycles. The van der Waals surface area contributed by atoms with Gasteiger partial charge in [-0.1, -0.05) is 80.4 Å². The number of carbonyl (C=O) groups is 2. The number of hydrogen-bond acceptors (Lipinski definition) is 4. The summed E-state index contributed by atoms with van der Waals surface area (Å²) < 4.78 is 0. The lowest BCUT2D eigenvalue weighted by Gasteiger charge is -2.40. The van der Waals surface area contributed by atoms with Gasteiger partial charge in [-0.25, -0.2) is 0 Å². The van der Waals surface area contributed by atoms with Crippen LogP contribution in [0.3, 0.4) is 0 Å². The molecule has 0 bridgehead atoms. The molecule has 2 atom stereocenters. The zero-order chi connectivity index (χ0) is 27.5. The Hall–Kier alpha value is -2.70. The van der Waals surface area contributed by atoms with Crippen molar-refractivity contribution < 1.29 is 9.59 Å². The summed E-state index contributed by atoms with van der Waals surface area (Å²) in [4.78, 5) is 35.8. The van der Waals surface area contributed by atoms with Crippen molar-refractivity contribution in [3.8, 4) is 0 Å². The molecular formula is C34H46N4O2. The van der Waals surface area contributed by atoms with Crippen LogP contribution < -0.4 is 0 Å². The SMILES string of the molecule is CC1CCC(CN2CCN(C(=O)C3CC3C(=O)N3CCN(C(c4ccccc4)c4ccccc4)CC3)CC2)CC1. The van der Waals surface area contributed by atoms with Crippen LogP contribution in [0.4, 0.5) is 0 Å². The quantitative estimate of drug-likeness (QED) is 0.516. The molecule has 2 aromatic carbocycles. The number of nitrogens with zero attached hydrogens (tertiary/aromatic N) is 4. The normalized spacial score (nSPS) is 28.1. The molecule has 2 saturated carbocycles. The van der Waals surface area contributed by atoms with Gasteiger partial charge in [-0.2, -0.15) is 0 Å². The molecule has 2 aliphatic heterocycles. The Labute approximate surface area is 240 Å². The standard InChI is InChI=1S/C34H46N4O2/c1-26-12-14-27(15-13-26)25-35-16-18-37(19-17-35)33(39)30-24-31(30)34(40)38-22-20-36(21-23-38)32(28-8-4-2-5-9-28)29-10-6-3-7-11-29/h2-11,26-27,30-32H,12-25H2,1H3. The van der Waals surface area contributed by atoms with E-state index in [1.165, 1.54) is 43.4 Å². The first-order valence-electron chi connectivity index (χ1n) is 15.7. The third kappa shape index (κ3) is 6.28. The van der Waals surface area contributed by atoms with Gasteiger partial charge in [0.05, 0.1) is 17.9 Å². The summed E-state index contributed by atoms with van der Waals surface area (Å²) in [7, 11) is 0. The topological polar surface area (TPSA) is 47.1 Å². The van der Waals surface area contributed by atoms with Crippen molar-refractivity contribution in [2.75, 3.05) is 58.9 Å². The Balaban J connectivity index is 0.974. The molecule has 2 saturated heterocycles. The Bertz CT molecular complexity index is 1080. The van der Waals surface area contributed by atoms with Crippen LogP contribution in [-0.2, 0) is 9.59 Å². The molecule has 0 aromatic heterocycles. The van der Waals surface area contributed by atoms with Gasteiger partial charge in [0.15, 0.2) is 0 Å². The smallest absolute Gasteiger partial charge is 0.226 e. The van der Waals surface area contributed by atoms with E-state index in [9.17, 15) is 9.59 Å². The molecule has 6 nitrogen and oxygen atoms in total. The van der Waals surface area contributed by atoms with E-state index in [-0.39, 0.29) is 29.7 Å². The highest BCUT2D eigenvalue weighted by atomic mass is 16.2. The first kappa shape index (κ1) is 27.5. The van der Waals surface area contributed by atoms with Crippen LogP contribution in [0.2, 0.25) is 0 Å². The number of amides is 2. The molecule has 2 aliphatic carbocycles. The second kappa shape index (κ2) is 12.4. The van der Waals surface area contributed by atoms with Crippen molar-refractivity contribution >= 4 is 11.8 Å². The fourth-order valence-electron chi connectivity index (χ4n) is 7.32. The molecule has 2 aromatic rings. The summed E-state index contributed by atoms with van der Waals surface area (Å²) in [5.41, 5.74) is 2.57. The molecule has 4 fully saturated rings. The minimum Gasteiger partial charge on any atom is -0.340 e. The molecule has 2 amide bonds. The van der Waals surface area contributed by atoms with Crippen molar-refractivity contribution in [3.05, 3.63) is 71.8 Å². The first-order chi connectivity index (χ1) is 19.6. The number of rotatable bonds is 7. The fourth-order valence-corrected chi connectivity index (χ4v) is 7.32. The molecule has 4 aliphatic rings. The number of hydrogen-bond donors (Lipinski definition) is 0. The van der Waals surface area contributed by atoms with Crippen molar-refractivity contribution in [2.24, 2.45) is 23.7 Å². The van der Waals surface area contributed by atoms with Gasteiger partial charge in [-0.3, -0.25) is 19.4 Å². The zero-order valence-corrected chi connectivity index (χ0v) is 24.2. The van der Waals surface area contributed by atoms with Crippen molar-refractivity contribution in [3.63, 3.8) is 0 Å². The van der Waals surface area contributed by atoms with E-state index >= 15 is 0 Å². The average Bonchev–Trinajstić information content (AvgIpc) is 3.81. The summed E-state index contributed by atoms with van der Waals surface area (Å²) in [5.74, 6) is 1.93. The molecule has 0 spiro atoms. The maximum atomic E-state index is 13.4. The minimum atomic E-state index is -0.111. The van der Waals surface area contributed by atoms with Crippen LogP contribution in [0, 0.1) is 23.7 Å². The second-order valence-corrected chi connectivity index (χ2v) is 12.8. The van der Waals surface area contributed by atoms with Gasteiger partial charge in [0.25, 0.3) is 0 Å². The maximum Gasteiger partial charge on any atom is 0.226 e. The highest BCUT2D eigenvalue weighted by Gasteiger charge is 2.51. The van der Waals surface area contributed by atoms with Gasteiger partial charge in [-0.05, 0) is 42.2 Å². The van der Waals surface area contributed by atoms with Crippen LogP contribution in [0.25, 0.3) is 0 Å². The minimum absolute atomic E-state index is 0.0988. The Kier molecular flexibility index (Phi) is 8.54. The van der Waals surface area contributed by atoms with Gasteiger partial charge in [0.1, 0.15) is 0 Å². The monoisotopic (exact) mass is 542 g/mol. The summed E-state index contributed by atoms with van der Waals surface area (Å²) >= 11 is 0. The van der Waals surface area contributed by atoms with Gasteiger partial charge in [0, 0.05) is 58.9 Å². The van der Waals surface area contributed by atoms with E-state index in [4.69, 9.17) is 0 Å². The molecule has 6 rings (SSSR count). The lowest BCUT2D eigenvalue weighted by Crippen LogP contribution is -2.51. The highest BCUT2D eigenvalue weighted by Crippen LogP contribution is 2.42. The summed E-state index contributed by atoms with van der Waals surface area (Å²) in [5, 5.41) is 0. The van der Waals surface area contributed by atoms with Crippen molar-refractivity contribution in [2.45, 2.75) is 45.1 Å². The van der Waals surface area contributed by atoms with Crippen LogP contribution in [0.15, 0.2) is 60.7 Å². The van der Waals surface area contributed by atoms with E-state index in [0.29, 0.717) is 0 Å². The van der Waals surface area contributed by atoms with E-state index in [1.807, 2.05) is 9.80 Å². The molecule has 6 heteroatoms. The second-order valence-electron chi connectivity index (χ2n) is 12.8. The third-order valence-electron chi connectivity index (χ3n) is 9.98. The van der Waals surface area contributed by atoms with Gasteiger partial charge in [-0.15, -0.1) is 0 Å². The van der Waals surface area contributed by atoms with Crippen molar-refractivity contribution in [1.82, 2.24) is 19.6 Å². The molecule has 40 heavy (non-hydrogen) atoms. The van der Waals surface area contributed by atoms with E-state index in [2.05, 4.69) is 77.4 Å². The van der Waals surface area contributed by atoms with E-state index < -0.39 is 0 Å². The first-order valence-corrected chi connectivity index (χ1v) is 15.7. The lowest BCUT2D eigenvalue weighted by molar-refractivity contribution is -0.140. The Morgan fingerprint density at radius 3 is 1.65 bits per heavy atom. The molecule has 0 radical (unpaired) electrons.